The molecule has 7 nitrogen and oxygen atoms in total. The molecular weight excluding hydrogens is 258 g/mol. The predicted molar refractivity (Wildman–Crippen MR) is 76.8 cm³/mol. The van der Waals surface area contributed by atoms with Crippen molar-refractivity contribution in [3.8, 4) is 0 Å². The van der Waals surface area contributed by atoms with Gasteiger partial charge in [-0.3, -0.25) is 4.79 Å². The number of nitrogens with two attached hydrogens (primary N) is 1. The van der Waals surface area contributed by atoms with E-state index in [1.807, 2.05) is 14.0 Å². The second-order valence-corrected chi connectivity index (χ2v) is 4.87. The summed E-state index contributed by atoms with van der Waals surface area (Å²) in [4.78, 5) is 19.6. The summed E-state index contributed by atoms with van der Waals surface area (Å²) in [5.41, 5.74) is 5.97. The average molecular weight is 279 g/mol. The van der Waals surface area contributed by atoms with Gasteiger partial charge in [-0.05, 0) is 19.8 Å². The molecule has 1 aliphatic rings. The van der Waals surface area contributed by atoms with Crippen LogP contribution in [0.2, 0.25) is 0 Å². The van der Waals surface area contributed by atoms with Gasteiger partial charge in [0, 0.05) is 25.1 Å². The van der Waals surface area contributed by atoms with Crippen molar-refractivity contribution in [2.45, 2.75) is 25.7 Å². The Labute approximate surface area is 118 Å². The normalized spacial score (nSPS) is 14.1. The average Bonchev–Trinajstić information content (AvgIpc) is 3.24. The Hall–Kier alpha value is -1.89. The Bertz CT molecular complexity index is 488. The number of carbonyl (C=O) groups excluding carboxylic acids is 1. The number of nitrogens with one attached hydrogen (secondary N) is 2. The molecular formula is C13H21N5O2. The van der Waals surface area contributed by atoms with Gasteiger partial charge in [-0.15, -0.1) is 0 Å². The number of aromatic nitrogens is 2. The summed E-state index contributed by atoms with van der Waals surface area (Å²) in [6, 6.07) is 0. The lowest BCUT2D eigenvalue weighted by Crippen LogP contribution is -2.21. The van der Waals surface area contributed by atoms with Crippen molar-refractivity contribution in [3.05, 3.63) is 11.4 Å². The molecule has 7 heteroatoms. The summed E-state index contributed by atoms with van der Waals surface area (Å²) >= 11 is 0. The van der Waals surface area contributed by atoms with E-state index in [-0.39, 0.29) is 6.61 Å². The molecule has 0 aromatic carbocycles. The van der Waals surface area contributed by atoms with Crippen LogP contribution >= 0.6 is 0 Å². The molecule has 1 saturated carbocycles. The molecule has 1 fully saturated rings. The number of rotatable bonds is 8. The Morgan fingerprint density at radius 2 is 2.10 bits per heavy atom. The molecule has 0 bridgehead atoms. The molecule has 1 amide bonds. The Morgan fingerprint density at radius 1 is 1.40 bits per heavy atom. The van der Waals surface area contributed by atoms with E-state index < -0.39 is 5.91 Å². The first-order chi connectivity index (χ1) is 9.61. The summed E-state index contributed by atoms with van der Waals surface area (Å²) in [7, 11) is 1.85. The van der Waals surface area contributed by atoms with Crippen LogP contribution in [0.3, 0.4) is 0 Å². The predicted octanol–water partition coefficient (Wildman–Crippen LogP) is 0.618. The third-order valence-electron chi connectivity index (χ3n) is 3.13. The number of ether oxygens (including phenoxy) is 1. The molecule has 20 heavy (non-hydrogen) atoms. The van der Waals surface area contributed by atoms with Crippen LogP contribution in [0.1, 0.15) is 30.1 Å². The van der Waals surface area contributed by atoms with Gasteiger partial charge in [0.15, 0.2) is 0 Å². The maximum Gasteiger partial charge on any atom is 0.243 e. The summed E-state index contributed by atoms with van der Waals surface area (Å²) in [5, 5.41) is 6.31. The minimum absolute atomic E-state index is 0.0560. The van der Waals surface area contributed by atoms with Crippen LogP contribution in [0.25, 0.3) is 0 Å². The van der Waals surface area contributed by atoms with Crippen LogP contribution in [-0.4, -0.2) is 42.7 Å². The molecule has 4 N–H and O–H groups in total. The maximum atomic E-state index is 10.5. The number of amides is 1. The minimum Gasteiger partial charge on any atom is -0.373 e. The zero-order valence-electron chi connectivity index (χ0n) is 11.9. The second-order valence-electron chi connectivity index (χ2n) is 4.87. The largest absolute Gasteiger partial charge is 0.373 e. The van der Waals surface area contributed by atoms with Crippen molar-refractivity contribution in [2.75, 3.05) is 37.4 Å². The van der Waals surface area contributed by atoms with Crippen LogP contribution in [0.15, 0.2) is 0 Å². The van der Waals surface area contributed by atoms with E-state index in [1.54, 1.807) is 0 Å². The van der Waals surface area contributed by atoms with Crippen molar-refractivity contribution in [1.82, 2.24) is 9.97 Å². The highest BCUT2D eigenvalue weighted by atomic mass is 16.5. The Kier molecular flexibility index (Phi) is 4.73. The summed E-state index contributed by atoms with van der Waals surface area (Å²) in [5.74, 6) is 2.59. The van der Waals surface area contributed by atoms with Gasteiger partial charge in [-0.1, -0.05) is 0 Å². The molecule has 1 aliphatic carbocycles. The molecule has 0 aliphatic heterocycles. The first-order valence-corrected chi connectivity index (χ1v) is 6.78. The number of nitrogens with zero attached hydrogens (tertiary/aromatic N) is 2. The molecule has 110 valence electrons. The minimum atomic E-state index is -0.461. The van der Waals surface area contributed by atoms with Crippen molar-refractivity contribution in [1.29, 1.82) is 0 Å². The van der Waals surface area contributed by atoms with Gasteiger partial charge in [0.2, 0.25) is 5.91 Å². The van der Waals surface area contributed by atoms with Crippen LogP contribution in [-0.2, 0) is 9.53 Å². The van der Waals surface area contributed by atoms with Gasteiger partial charge in [0.25, 0.3) is 0 Å². The summed E-state index contributed by atoms with van der Waals surface area (Å²) in [6.07, 6.45) is 2.32. The van der Waals surface area contributed by atoms with E-state index in [1.165, 1.54) is 0 Å². The molecule has 0 unspecified atom stereocenters. The number of hydrogen-bond donors (Lipinski definition) is 3. The number of hydrogen-bond acceptors (Lipinski definition) is 6. The van der Waals surface area contributed by atoms with Gasteiger partial charge < -0.3 is 21.1 Å². The van der Waals surface area contributed by atoms with Gasteiger partial charge in [0.1, 0.15) is 24.1 Å². The van der Waals surface area contributed by atoms with Gasteiger partial charge in [-0.25, -0.2) is 9.97 Å². The smallest absolute Gasteiger partial charge is 0.243 e. The first kappa shape index (κ1) is 14.5. The van der Waals surface area contributed by atoms with Gasteiger partial charge in [0.05, 0.1) is 6.61 Å². The van der Waals surface area contributed by atoms with Crippen LogP contribution in [0.5, 0.6) is 0 Å². The van der Waals surface area contributed by atoms with Gasteiger partial charge >= 0.3 is 0 Å². The van der Waals surface area contributed by atoms with Crippen molar-refractivity contribution < 1.29 is 9.53 Å². The van der Waals surface area contributed by atoms with Crippen molar-refractivity contribution in [3.63, 3.8) is 0 Å². The lowest BCUT2D eigenvalue weighted by Gasteiger charge is -2.13. The number of anilines is 2. The van der Waals surface area contributed by atoms with E-state index in [9.17, 15) is 4.79 Å². The topological polar surface area (TPSA) is 102 Å². The highest BCUT2D eigenvalue weighted by Gasteiger charge is 2.28. The molecule has 1 heterocycles. The molecule has 2 rings (SSSR count). The van der Waals surface area contributed by atoms with Crippen LogP contribution in [0, 0.1) is 6.92 Å². The molecule has 0 atom stereocenters. The lowest BCUT2D eigenvalue weighted by atomic mass is 10.2. The van der Waals surface area contributed by atoms with Crippen LogP contribution < -0.4 is 16.4 Å². The second kappa shape index (κ2) is 6.51. The van der Waals surface area contributed by atoms with E-state index >= 15 is 0 Å². The monoisotopic (exact) mass is 279 g/mol. The molecule has 1 aromatic rings. The fraction of sp³-hybridized carbons (Fsp3) is 0.615. The standard InChI is InChI=1S/C13H21N5O2/c1-8-11(15-2)17-13(9-3-4-9)18-12(8)16-5-6-20-7-10(14)19/h9H,3-7H2,1-2H3,(H2,14,19)(H2,15,16,17,18). The van der Waals surface area contributed by atoms with Crippen molar-refractivity contribution in [2.24, 2.45) is 5.73 Å². The van der Waals surface area contributed by atoms with Crippen molar-refractivity contribution >= 4 is 17.5 Å². The third-order valence-corrected chi connectivity index (χ3v) is 3.13. The zero-order valence-corrected chi connectivity index (χ0v) is 11.9. The van der Waals surface area contributed by atoms with E-state index in [0.29, 0.717) is 19.1 Å². The fourth-order valence-electron chi connectivity index (χ4n) is 1.89. The van der Waals surface area contributed by atoms with E-state index in [4.69, 9.17) is 10.5 Å². The highest BCUT2D eigenvalue weighted by Crippen LogP contribution is 2.39. The fourth-order valence-corrected chi connectivity index (χ4v) is 1.89. The zero-order chi connectivity index (χ0) is 14.5. The Morgan fingerprint density at radius 3 is 2.70 bits per heavy atom. The van der Waals surface area contributed by atoms with Crippen LogP contribution in [0.4, 0.5) is 11.6 Å². The quantitative estimate of drug-likeness (QED) is 0.603. The molecule has 0 saturated heterocycles. The van der Waals surface area contributed by atoms with E-state index in [0.717, 1.165) is 35.9 Å². The molecule has 0 spiro atoms. The molecule has 1 aromatic heterocycles. The molecule has 0 radical (unpaired) electrons. The SMILES string of the molecule is CNc1nc(C2CC2)nc(NCCOCC(N)=O)c1C. The number of primary amides is 1. The third kappa shape index (κ3) is 3.80. The van der Waals surface area contributed by atoms with E-state index in [2.05, 4.69) is 20.6 Å². The number of carbonyl (C=O) groups is 1. The first-order valence-electron chi connectivity index (χ1n) is 6.78. The summed E-state index contributed by atoms with van der Waals surface area (Å²) in [6.45, 7) is 2.88. The van der Waals surface area contributed by atoms with Gasteiger partial charge in [-0.2, -0.15) is 0 Å². The Balaban J connectivity index is 1.95. The lowest BCUT2D eigenvalue weighted by molar-refractivity contribution is -0.122. The maximum absolute atomic E-state index is 10.5. The highest BCUT2D eigenvalue weighted by molar-refractivity contribution is 5.74. The summed E-state index contributed by atoms with van der Waals surface area (Å²) < 4.78 is 5.11.